The maximum Gasteiger partial charge on any atom is 0.326 e. The van der Waals surface area contributed by atoms with Gasteiger partial charge in [0.2, 0.25) is 0 Å². The standard InChI is InChI=1S/C13H25N3O3/c1-4-11(12(17)18)15-13(19)14-7-10-5-6-16(8-10)9(2)3/h9-11H,4-8H2,1-3H3,(H,17,18)(H2,14,15,19)/t10?,11-/m1/s1. The van der Waals surface area contributed by atoms with Crippen molar-refractivity contribution in [2.24, 2.45) is 5.92 Å². The minimum absolute atomic E-state index is 0.382. The lowest BCUT2D eigenvalue weighted by atomic mass is 10.1. The fraction of sp³-hybridized carbons (Fsp3) is 0.846. The van der Waals surface area contributed by atoms with E-state index in [1.807, 2.05) is 0 Å². The molecule has 2 amide bonds. The zero-order valence-corrected chi connectivity index (χ0v) is 12.0. The van der Waals surface area contributed by atoms with Gasteiger partial charge in [0.15, 0.2) is 0 Å². The molecular formula is C13H25N3O3. The van der Waals surface area contributed by atoms with Crippen LogP contribution in [0.25, 0.3) is 0 Å². The summed E-state index contributed by atoms with van der Waals surface area (Å²) in [5.41, 5.74) is 0. The molecule has 1 unspecified atom stereocenters. The summed E-state index contributed by atoms with van der Waals surface area (Å²) in [5, 5.41) is 14.1. The molecule has 0 aromatic heterocycles. The van der Waals surface area contributed by atoms with Gasteiger partial charge in [0, 0.05) is 19.1 Å². The zero-order chi connectivity index (χ0) is 14.4. The summed E-state index contributed by atoms with van der Waals surface area (Å²) in [5.74, 6) is -0.539. The molecule has 1 aliphatic rings. The van der Waals surface area contributed by atoms with Crippen LogP contribution in [0.1, 0.15) is 33.6 Å². The average Bonchev–Trinajstić information content (AvgIpc) is 2.82. The first kappa shape index (κ1) is 15.8. The molecule has 0 saturated carbocycles. The number of carbonyl (C=O) groups is 2. The molecule has 19 heavy (non-hydrogen) atoms. The number of hydrogen-bond donors (Lipinski definition) is 3. The molecule has 1 fully saturated rings. The van der Waals surface area contributed by atoms with Crippen molar-refractivity contribution in [1.29, 1.82) is 0 Å². The summed E-state index contributed by atoms with van der Waals surface area (Å²) in [7, 11) is 0. The molecule has 0 aromatic carbocycles. The highest BCUT2D eigenvalue weighted by Crippen LogP contribution is 2.17. The van der Waals surface area contributed by atoms with Crippen LogP contribution in [0.15, 0.2) is 0 Å². The van der Waals surface area contributed by atoms with Crippen LogP contribution in [0.4, 0.5) is 4.79 Å². The third kappa shape index (κ3) is 5.06. The van der Waals surface area contributed by atoms with Crippen LogP contribution < -0.4 is 10.6 Å². The molecule has 6 heteroatoms. The van der Waals surface area contributed by atoms with Gasteiger partial charge in [-0.05, 0) is 39.2 Å². The van der Waals surface area contributed by atoms with E-state index < -0.39 is 18.0 Å². The van der Waals surface area contributed by atoms with Crippen LogP contribution >= 0.6 is 0 Å². The first-order valence-corrected chi connectivity index (χ1v) is 6.95. The molecule has 0 spiro atoms. The van der Waals surface area contributed by atoms with Crippen molar-refractivity contribution in [3.8, 4) is 0 Å². The van der Waals surface area contributed by atoms with Crippen LogP contribution in [-0.4, -0.2) is 53.7 Å². The molecule has 2 atom stereocenters. The number of carbonyl (C=O) groups excluding carboxylic acids is 1. The van der Waals surface area contributed by atoms with Crippen LogP contribution in [0, 0.1) is 5.92 Å². The fourth-order valence-electron chi connectivity index (χ4n) is 2.28. The van der Waals surface area contributed by atoms with Crippen LogP contribution in [-0.2, 0) is 4.79 Å². The van der Waals surface area contributed by atoms with E-state index in [9.17, 15) is 9.59 Å². The van der Waals surface area contributed by atoms with E-state index in [4.69, 9.17) is 5.11 Å². The first-order valence-electron chi connectivity index (χ1n) is 6.95. The fourth-order valence-corrected chi connectivity index (χ4v) is 2.28. The number of carboxylic acids is 1. The third-order valence-electron chi connectivity index (χ3n) is 3.61. The summed E-state index contributed by atoms with van der Waals surface area (Å²) in [4.78, 5) is 24.8. The largest absolute Gasteiger partial charge is 0.480 e. The summed E-state index contributed by atoms with van der Waals surface area (Å²) < 4.78 is 0. The number of nitrogens with zero attached hydrogens (tertiary/aromatic N) is 1. The van der Waals surface area contributed by atoms with E-state index in [0.29, 0.717) is 24.9 Å². The highest BCUT2D eigenvalue weighted by atomic mass is 16.4. The van der Waals surface area contributed by atoms with Crippen LogP contribution in [0.2, 0.25) is 0 Å². The normalized spacial score (nSPS) is 21.4. The van der Waals surface area contributed by atoms with Gasteiger partial charge in [-0.1, -0.05) is 6.92 Å². The molecule has 1 heterocycles. The molecular weight excluding hydrogens is 246 g/mol. The number of urea groups is 1. The monoisotopic (exact) mass is 271 g/mol. The van der Waals surface area contributed by atoms with Crippen LogP contribution in [0.5, 0.6) is 0 Å². The zero-order valence-electron chi connectivity index (χ0n) is 12.0. The average molecular weight is 271 g/mol. The quantitative estimate of drug-likeness (QED) is 0.670. The van der Waals surface area contributed by atoms with E-state index in [2.05, 4.69) is 29.4 Å². The number of carboxylic acid groups (broad SMARTS) is 1. The maximum atomic E-state index is 11.6. The maximum absolute atomic E-state index is 11.6. The first-order chi connectivity index (χ1) is 8.93. The minimum Gasteiger partial charge on any atom is -0.480 e. The molecule has 0 aromatic rings. The Hall–Kier alpha value is -1.30. The van der Waals surface area contributed by atoms with Crippen molar-refractivity contribution in [2.45, 2.75) is 45.7 Å². The van der Waals surface area contributed by atoms with Crippen molar-refractivity contribution < 1.29 is 14.7 Å². The van der Waals surface area contributed by atoms with E-state index in [0.717, 1.165) is 19.5 Å². The number of nitrogens with one attached hydrogen (secondary N) is 2. The van der Waals surface area contributed by atoms with Crippen molar-refractivity contribution in [2.75, 3.05) is 19.6 Å². The van der Waals surface area contributed by atoms with Gasteiger partial charge in [-0.2, -0.15) is 0 Å². The van der Waals surface area contributed by atoms with E-state index >= 15 is 0 Å². The Balaban J connectivity index is 2.26. The van der Waals surface area contributed by atoms with Gasteiger partial charge in [-0.3, -0.25) is 0 Å². The van der Waals surface area contributed by atoms with E-state index in [1.165, 1.54) is 0 Å². The smallest absolute Gasteiger partial charge is 0.326 e. The Bertz CT molecular complexity index is 320. The topological polar surface area (TPSA) is 81.7 Å². The third-order valence-corrected chi connectivity index (χ3v) is 3.61. The lowest BCUT2D eigenvalue weighted by Crippen LogP contribution is -2.47. The van der Waals surface area contributed by atoms with E-state index in [-0.39, 0.29) is 0 Å². The van der Waals surface area contributed by atoms with E-state index in [1.54, 1.807) is 6.92 Å². The van der Waals surface area contributed by atoms with Gasteiger partial charge in [-0.15, -0.1) is 0 Å². The van der Waals surface area contributed by atoms with Gasteiger partial charge in [0.05, 0.1) is 0 Å². The summed E-state index contributed by atoms with van der Waals surface area (Å²) in [6.45, 7) is 8.73. The van der Waals surface area contributed by atoms with Gasteiger partial charge in [-0.25, -0.2) is 9.59 Å². The summed E-state index contributed by atoms with van der Waals surface area (Å²) in [6.07, 6.45) is 1.46. The lowest BCUT2D eigenvalue weighted by Gasteiger charge is -2.20. The second-order valence-electron chi connectivity index (χ2n) is 5.40. The second kappa shape index (κ2) is 7.33. The van der Waals surface area contributed by atoms with Crippen molar-refractivity contribution in [3.05, 3.63) is 0 Å². The number of amides is 2. The van der Waals surface area contributed by atoms with Gasteiger partial charge in [0.1, 0.15) is 6.04 Å². The molecule has 6 nitrogen and oxygen atoms in total. The van der Waals surface area contributed by atoms with Gasteiger partial charge < -0.3 is 20.6 Å². The molecule has 0 bridgehead atoms. The van der Waals surface area contributed by atoms with Crippen LogP contribution in [0.3, 0.4) is 0 Å². The molecule has 1 rings (SSSR count). The number of aliphatic carboxylic acids is 1. The highest BCUT2D eigenvalue weighted by molar-refractivity contribution is 5.82. The Labute approximate surface area is 114 Å². The van der Waals surface area contributed by atoms with Gasteiger partial charge in [0.25, 0.3) is 0 Å². The van der Waals surface area contributed by atoms with Crippen molar-refractivity contribution >= 4 is 12.0 Å². The summed E-state index contributed by atoms with van der Waals surface area (Å²) >= 11 is 0. The Kier molecular flexibility index (Phi) is 6.08. The molecule has 0 radical (unpaired) electrons. The SMILES string of the molecule is CC[C@@H](NC(=O)NCC1CCN(C(C)C)C1)C(=O)O. The number of rotatable bonds is 6. The summed E-state index contributed by atoms with van der Waals surface area (Å²) in [6, 6.07) is -0.664. The molecule has 3 N–H and O–H groups in total. The Morgan fingerprint density at radius 3 is 2.58 bits per heavy atom. The highest BCUT2D eigenvalue weighted by Gasteiger charge is 2.25. The molecule has 110 valence electrons. The predicted octanol–water partition coefficient (Wildman–Crippen LogP) is 0.879. The number of hydrogen-bond acceptors (Lipinski definition) is 3. The lowest BCUT2D eigenvalue weighted by molar-refractivity contribution is -0.139. The second-order valence-corrected chi connectivity index (χ2v) is 5.40. The predicted molar refractivity (Wildman–Crippen MR) is 73.1 cm³/mol. The molecule has 1 saturated heterocycles. The number of likely N-dealkylation sites (tertiary alicyclic amines) is 1. The molecule has 1 aliphatic heterocycles. The molecule has 0 aliphatic carbocycles. The Morgan fingerprint density at radius 1 is 1.42 bits per heavy atom. The Morgan fingerprint density at radius 2 is 2.11 bits per heavy atom. The van der Waals surface area contributed by atoms with Crippen molar-refractivity contribution in [3.63, 3.8) is 0 Å². The minimum atomic E-state index is -0.996. The van der Waals surface area contributed by atoms with Gasteiger partial charge >= 0.3 is 12.0 Å². The van der Waals surface area contributed by atoms with Crippen molar-refractivity contribution in [1.82, 2.24) is 15.5 Å².